The third kappa shape index (κ3) is 2.54. The zero-order valence-electron chi connectivity index (χ0n) is 7.70. The highest BCUT2D eigenvalue weighted by Crippen LogP contribution is 2.03. The Morgan fingerprint density at radius 2 is 2.46 bits per heavy atom. The second-order valence-corrected chi connectivity index (χ2v) is 3.31. The van der Waals surface area contributed by atoms with Crippen molar-refractivity contribution in [1.29, 1.82) is 0 Å². The fourth-order valence-corrected chi connectivity index (χ4v) is 1.58. The first-order valence-corrected chi connectivity index (χ1v) is 4.76. The van der Waals surface area contributed by atoms with Crippen LogP contribution in [0, 0.1) is 0 Å². The molecule has 1 aliphatic rings. The van der Waals surface area contributed by atoms with Crippen molar-refractivity contribution < 1.29 is 4.42 Å². The number of nitrogens with zero attached hydrogens (tertiary/aromatic N) is 2. The molecule has 4 nitrogen and oxygen atoms in total. The van der Waals surface area contributed by atoms with Gasteiger partial charge in [0, 0.05) is 13.1 Å². The topological polar surface area (TPSA) is 41.3 Å². The number of hydrogen-bond donors (Lipinski definition) is 1. The van der Waals surface area contributed by atoms with Crippen LogP contribution in [0.5, 0.6) is 0 Å². The smallest absolute Gasteiger partial charge is 0.208 e. The van der Waals surface area contributed by atoms with E-state index >= 15 is 0 Å². The molecule has 0 saturated carbocycles. The average Bonchev–Trinajstić information content (AvgIpc) is 2.49. The number of nitrogens with one attached hydrogen (secondary N) is 1. The van der Waals surface area contributed by atoms with E-state index in [9.17, 15) is 0 Å². The van der Waals surface area contributed by atoms with E-state index in [0.29, 0.717) is 0 Å². The summed E-state index contributed by atoms with van der Waals surface area (Å²) in [7, 11) is 0. The lowest BCUT2D eigenvalue weighted by molar-refractivity contribution is 0.254. The predicted octanol–water partition coefficient (Wildman–Crippen LogP) is 0.470. The van der Waals surface area contributed by atoms with Crippen molar-refractivity contribution in [3.63, 3.8) is 0 Å². The van der Waals surface area contributed by atoms with Gasteiger partial charge in [0.05, 0.1) is 12.7 Å². The summed E-state index contributed by atoms with van der Waals surface area (Å²) in [5.41, 5.74) is 0. The lowest BCUT2D eigenvalue weighted by Gasteiger charge is -2.16. The van der Waals surface area contributed by atoms with Gasteiger partial charge in [0.2, 0.25) is 5.89 Å². The molecule has 2 rings (SSSR count). The van der Waals surface area contributed by atoms with Crippen LogP contribution in [0.3, 0.4) is 0 Å². The SMILES string of the molecule is c1coc(CN2CCCNCC2)n1. The van der Waals surface area contributed by atoms with Gasteiger partial charge in [-0.05, 0) is 19.5 Å². The Morgan fingerprint density at radius 3 is 3.31 bits per heavy atom. The summed E-state index contributed by atoms with van der Waals surface area (Å²) in [6.45, 7) is 5.26. The quantitative estimate of drug-likeness (QED) is 0.720. The van der Waals surface area contributed by atoms with Crippen LogP contribution in [0.1, 0.15) is 12.3 Å². The number of oxazole rings is 1. The van der Waals surface area contributed by atoms with E-state index in [1.54, 1.807) is 12.5 Å². The van der Waals surface area contributed by atoms with Gasteiger partial charge in [-0.1, -0.05) is 0 Å². The van der Waals surface area contributed by atoms with Crippen LogP contribution in [-0.4, -0.2) is 36.1 Å². The molecule has 1 fully saturated rings. The molecule has 1 aromatic heterocycles. The van der Waals surface area contributed by atoms with E-state index in [1.807, 2.05) is 0 Å². The summed E-state index contributed by atoms with van der Waals surface area (Å²) >= 11 is 0. The summed E-state index contributed by atoms with van der Waals surface area (Å²) < 4.78 is 5.20. The zero-order valence-corrected chi connectivity index (χ0v) is 7.70. The lowest BCUT2D eigenvalue weighted by Crippen LogP contribution is -2.27. The Kier molecular flexibility index (Phi) is 2.94. The Hall–Kier alpha value is -0.870. The van der Waals surface area contributed by atoms with E-state index in [0.717, 1.165) is 38.6 Å². The predicted molar refractivity (Wildman–Crippen MR) is 49.3 cm³/mol. The van der Waals surface area contributed by atoms with Crippen LogP contribution in [0.2, 0.25) is 0 Å². The minimum atomic E-state index is 0.821. The molecule has 0 radical (unpaired) electrons. The first-order valence-electron chi connectivity index (χ1n) is 4.76. The molecule has 0 amide bonds. The van der Waals surface area contributed by atoms with Crippen molar-refractivity contribution in [3.8, 4) is 0 Å². The summed E-state index contributed by atoms with van der Waals surface area (Å²) in [5, 5.41) is 3.36. The van der Waals surface area contributed by atoms with Gasteiger partial charge in [0.1, 0.15) is 6.26 Å². The molecular weight excluding hydrogens is 166 g/mol. The Balaban J connectivity index is 1.86. The standard InChI is InChI=1S/C9H15N3O/c1-2-10-3-6-12(5-1)8-9-11-4-7-13-9/h4,7,10H,1-3,5-6,8H2. The largest absolute Gasteiger partial charge is 0.448 e. The molecule has 0 aliphatic carbocycles. The van der Waals surface area contributed by atoms with Crippen LogP contribution < -0.4 is 5.32 Å². The van der Waals surface area contributed by atoms with Gasteiger partial charge in [-0.2, -0.15) is 0 Å². The Bertz CT molecular complexity index is 227. The maximum Gasteiger partial charge on any atom is 0.208 e. The minimum absolute atomic E-state index is 0.821. The van der Waals surface area contributed by atoms with Gasteiger partial charge in [0.25, 0.3) is 0 Å². The van der Waals surface area contributed by atoms with Crippen LogP contribution in [0.25, 0.3) is 0 Å². The van der Waals surface area contributed by atoms with Crippen LogP contribution in [0.4, 0.5) is 0 Å². The van der Waals surface area contributed by atoms with Crippen LogP contribution in [-0.2, 0) is 6.54 Å². The molecular formula is C9H15N3O. The summed E-state index contributed by atoms with van der Waals surface area (Å²) in [4.78, 5) is 6.48. The van der Waals surface area contributed by atoms with Crippen LogP contribution >= 0.6 is 0 Å². The first kappa shape index (κ1) is 8.72. The maximum absolute atomic E-state index is 5.20. The molecule has 0 spiro atoms. The third-order valence-corrected chi connectivity index (χ3v) is 2.28. The van der Waals surface area contributed by atoms with Crippen LogP contribution in [0.15, 0.2) is 16.9 Å². The molecule has 1 N–H and O–H groups in total. The normalized spacial score (nSPS) is 20.0. The molecule has 1 aromatic rings. The Morgan fingerprint density at radius 1 is 1.46 bits per heavy atom. The second-order valence-electron chi connectivity index (χ2n) is 3.31. The molecule has 1 aliphatic heterocycles. The zero-order chi connectivity index (χ0) is 8.93. The molecule has 13 heavy (non-hydrogen) atoms. The minimum Gasteiger partial charge on any atom is -0.448 e. The van der Waals surface area contributed by atoms with Gasteiger partial charge in [-0.25, -0.2) is 4.98 Å². The fraction of sp³-hybridized carbons (Fsp3) is 0.667. The van der Waals surface area contributed by atoms with E-state index in [2.05, 4.69) is 15.2 Å². The monoisotopic (exact) mass is 181 g/mol. The summed E-state index contributed by atoms with van der Waals surface area (Å²) in [6.07, 6.45) is 4.54. The van der Waals surface area contributed by atoms with Gasteiger partial charge >= 0.3 is 0 Å². The Labute approximate surface area is 77.9 Å². The molecule has 2 heterocycles. The molecule has 0 unspecified atom stereocenters. The highest BCUT2D eigenvalue weighted by atomic mass is 16.3. The summed E-state index contributed by atoms with van der Waals surface area (Å²) in [6, 6.07) is 0. The molecule has 0 atom stereocenters. The highest BCUT2D eigenvalue weighted by molar-refractivity contribution is 4.80. The van der Waals surface area contributed by atoms with Crippen molar-refractivity contribution in [2.45, 2.75) is 13.0 Å². The third-order valence-electron chi connectivity index (χ3n) is 2.28. The first-order chi connectivity index (χ1) is 6.45. The number of aromatic nitrogens is 1. The van der Waals surface area contributed by atoms with Crippen molar-refractivity contribution >= 4 is 0 Å². The van der Waals surface area contributed by atoms with Crippen molar-refractivity contribution in [2.75, 3.05) is 26.2 Å². The van der Waals surface area contributed by atoms with Crippen molar-refractivity contribution in [1.82, 2.24) is 15.2 Å². The molecule has 72 valence electrons. The van der Waals surface area contributed by atoms with Crippen molar-refractivity contribution in [2.24, 2.45) is 0 Å². The van der Waals surface area contributed by atoms with Gasteiger partial charge < -0.3 is 9.73 Å². The fourth-order valence-electron chi connectivity index (χ4n) is 1.58. The van der Waals surface area contributed by atoms with Gasteiger partial charge in [-0.3, -0.25) is 4.90 Å². The van der Waals surface area contributed by atoms with Crippen molar-refractivity contribution in [3.05, 3.63) is 18.4 Å². The summed E-state index contributed by atoms with van der Waals surface area (Å²) in [5.74, 6) is 0.821. The molecule has 1 saturated heterocycles. The van der Waals surface area contributed by atoms with E-state index in [-0.39, 0.29) is 0 Å². The van der Waals surface area contributed by atoms with Gasteiger partial charge in [0.15, 0.2) is 0 Å². The maximum atomic E-state index is 5.20. The van der Waals surface area contributed by atoms with Gasteiger partial charge in [-0.15, -0.1) is 0 Å². The average molecular weight is 181 g/mol. The number of rotatable bonds is 2. The van der Waals surface area contributed by atoms with E-state index in [1.165, 1.54) is 6.42 Å². The second kappa shape index (κ2) is 4.39. The molecule has 0 aromatic carbocycles. The highest BCUT2D eigenvalue weighted by Gasteiger charge is 2.10. The van der Waals surface area contributed by atoms with E-state index in [4.69, 9.17) is 4.42 Å². The lowest BCUT2D eigenvalue weighted by atomic mass is 10.4. The molecule has 4 heteroatoms. The molecule has 0 bridgehead atoms. The number of hydrogen-bond acceptors (Lipinski definition) is 4. The van der Waals surface area contributed by atoms with E-state index < -0.39 is 0 Å².